The van der Waals surface area contributed by atoms with E-state index in [0.717, 1.165) is 50.7 Å². The number of benzene rings is 1. The number of carbonyl (C=O) groups is 1. The van der Waals surface area contributed by atoms with Gasteiger partial charge in [0.1, 0.15) is 0 Å². The first-order chi connectivity index (χ1) is 13.9. The van der Waals surface area contributed by atoms with E-state index in [-0.39, 0.29) is 17.0 Å². The maximum atomic E-state index is 13.0. The van der Waals surface area contributed by atoms with Crippen molar-refractivity contribution in [1.82, 2.24) is 9.21 Å². The number of ether oxygens (including phenoxy) is 1. The minimum Gasteiger partial charge on any atom is -0.381 e. The lowest BCUT2D eigenvalue weighted by atomic mass is 10.1. The standard InChI is InChI=1S/C21H31N3O4S/c1-16-5-8-19(29(26,27)23-10-3-2-4-11-23)13-20(16)22-21(25)24(18-6-7-18)14-17-9-12-28-15-17/h5,8,13,17-18H,2-4,6-7,9-12,14-15H2,1H3,(H,22,25)/t17-/m0/s1. The molecule has 2 heterocycles. The summed E-state index contributed by atoms with van der Waals surface area (Å²) in [6.07, 6.45) is 5.92. The van der Waals surface area contributed by atoms with E-state index in [2.05, 4.69) is 5.32 Å². The number of amides is 2. The fraction of sp³-hybridized carbons (Fsp3) is 0.667. The quantitative estimate of drug-likeness (QED) is 0.765. The summed E-state index contributed by atoms with van der Waals surface area (Å²) in [7, 11) is -3.53. The number of rotatable bonds is 6. The zero-order valence-electron chi connectivity index (χ0n) is 17.1. The van der Waals surface area contributed by atoms with E-state index < -0.39 is 10.0 Å². The Morgan fingerprint density at radius 3 is 2.62 bits per heavy atom. The maximum Gasteiger partial charge on any atom is 0.322 e. The molecule has 8 heteroatoms. The zero-order valence-corrected chi connectivity index (χ0v) is 17.9. The molecule has 0 aromatic heterocycles. The summed E-state index contributed by atoms with van der Waals surface area (Å²) in [6, 6.07) is 5.18. The molecule has 29 heavy (non-hydrogen) atoms. The summed E-state index contributed by atoms with van der Waals surface area (Å²) in [5.41, 5.74) is 1.43. The lowest BCUT2D eigenvalue weighted by Crippen LogP contribution is -2.40. The molecular weight excluding hydrogens is 390 g/mol. The second kappa shape index (κ2) is 8.62. The SMILES string of the molecule is Cc1ccc(S(=O)(=O)N2CCCCC2)cc1NC(=O)N(C[C@@H]1CCOC1)C1CC1. The normalized spacial score (nSPS) is 23.1. The minimum absolute atomic E-state index is 0.143. The summed E-state index contributed by atoms with van der Waals surface area (Å²) in [4.78, 5) is 15.2. The lowest BCUT2D eigenvalue weighted by molar-refractivity contribution is 0.167. The second-order valence-electron chi connectivity index (χ2n) is 8.48. The molecule has 3 fully saturated rings. The van der Waals surface area contributed by atoms with Gasteiger partial charge >= 0.3 is 6.03 Å². The third-order valence-electron chi connectivity index (χ3n) is 6.13. The molecule has 2 saturated heterocycles. The van der Waals surface area contributed by atoms with Gasteiger partial charge in [0, 0.05) is 43.9 Å². The fourth-order valence-electron chi connectivity index (χ4n) is 4.13. The highest BCUT2D eigenvalue weighted by Gasteiger charge is 2.35. The Bertz CT molecular complexity index is 841. The Kier molecular flexibility index (Phi) is 6.13. The number of carbonyl (C=O) groups excluding carboxylic acids is 1. The molecule has 0 spiro atoms. The Labute approximate surface area is 173 Å². The number of piperidine rings is 1. The summed E-state index contributed by atoms with van der Waals surface area (Å²) >= 11 is 0. The molecular formula is C21H31N3O4S. The molecule has 3 aliphatic rings. The van der Waals surface area contributed by atoms with Crippen molar-refractivity contribution < 1.29 is 17.9 Å². The molecule has 160 valence electrons. The van der Waals surface area contributed by atoms with E-state index in [1.54, 1.807) is 22.5 Å². The number of nitrogens with one attached hydrogen (secondary N) is 1. The first kappa shape index (κ1) is 20.6. The molecule has 1 atom stereocenters. The van der Waals surface area contributed by atoms with Gasteiger partial charge in [-0.1, -0.05) is 12.5 Å². The summed E-state index contributed by atoms with van der Waals surface area (Å²) < 4.78 is 33.0. The second-order valence-corrected chi connectivity index (χ2v) is 10.4. The highest BCUT2D eigenvalue weighted by atomic mass is 32.2. The topological polar surface area (TPSA) is 79.0 Å². The van der Waals surface area contributed by atoms with Crippen LogP contribution in [0.1, 0.15) is 44.1 Å². The van der Waals surface area contributed by atoms with Crippen molar-refractivity contribution in [2.45, 2.75) is 56.4 Å². The van der Waals surface area contributed by atoms with Gasteiger partial charge in [0.15, 0.2) is 0 Å². The molecule has 0 radical (unpaired) electrons. The highest BCUT2D eigenvalue weighted by molar-refractivity contribution is 7.89. The monoisotopic (exact) mass is 421 g/mol. The zero-order chi connectivity index (χ0) is 20.4. The summed E-state index contributed by atoms with van der Waals surface area (Å²) in [6.45, 7) is 5.19. The molecule has 2 amide bonds. The van der Waals surface area contributed by atoms with Crippen LogP contribution in [-0.2, 0) is 14.8 Å². The average Bonchev–Trinajstić information content (AvgIpc) is 3.43. The van der Waals surface area contributed by atoms with Crippen LogP contribution in [0.25, 0.3) is 0 Å². The molecule has 7 nitrogen and oxygen atoms in total. The van der Waals surface area contributed by atoms with Gasteiger partial charge in [-0.3, -0.25) is 0 Å². The van der Waals surface area contributed by atoms with E-state index in [1.165, 1.54) is 0 Å². The van der Waals surface area contributed by atoms with Gasteiger partial charge < -0.3 is 15.0 Å². The maximum absolute atomic E-state index is 13.0. The third kappa shape index (κ3) is 4.75. The van der Waals surface area contributed by atoms with Crippen molar-refractivity contribution in [3.05, 3.63) is 23.8 Å². The van der Waals surface area contributed by atoms with E-state index in [1.807, 2.05) is 11.8 Å². The molecule has 1 N–H and O–H groups in total. The Balaban J connectivity index is 1.50. The predicted octanol–water partition coefficient (Wildman–Crippen LogP) is 3.20. The molecule has 1 aliphatic carbocycles. The largest absolute Gasteiger partial charge is 0.381 e. The average molecular weight is 422 g/mol. The van der Waals surface area contributed by atoms with Crippen LogP contribution in [-0.4, -0.2) is 62.5 Å². The summed E-state index contributed by atoms with van der Waals surface area (Å²) in [5.74, 6) is 0.383. The molecule has 2 aliphatic heterocycles. The Morgan fingerprint density at radius 2 is 1.97 bits per heavy atom. The first-order valence-electron chi connectivity index (χ1n) is 10.7. The molecule has 4 rings (SSSR count). The smallest absolute Gasteiger partial charge is 0.322 e. The van der Waals surface area contributed by atoms with E-state index in [0.29, 0.717) is 37.8 Å². The van der Waals surface area contributed by atoms with Gasteiger partial charge in [-0.2, -0.15) is 4.31 Å². The third-order valence-corrected chi connectivity index (χ3v) is 8.03. The van der Waals surface area contributed by atoms with E-state index >= 15 is 0 Å². The molecule has 1 aromatic carbocycles. The number of aryl methyl sites for hydroxylation is 1. The molecule has 1 saturated carbocycles. The van der Waals surface area contributed by atoms with Crippen LogP contribution in [0.5, 0.6) is 0 Å². The van der Waals surface area contributed by atoms with Crippen molar-refractivity contribution >= 4 is 21.7 Å². The van der Waals surface area contributed by atoms with Crippen LogP contribution in [0.3, 0.4) is 0 Å². The van der Waals surface area contributed by atoms with Gasteiger partial charge in [-0.15, -0.1) is 0 Å². The van der Waals surface area contributed by atoms with Crippen molar-refractivity contribution in [2.75, 3.05) is 38.2 Å². The van der Waals surface area contributed by atoms with Crippen molar-refractivity contribution in [2.24, 2.45) is 5.92 Å². The van der Waals surface area contributed by atoms with E-state index in [9.17, 15) is 13.2 Å². The number of urea groups is 1. The van der Waals surface area contributed by atoms with Crippen LogP contribution < -0.4 is 5.32 Å². The van der Waals surface area contributed by atoms with Gasteiger partial charge in [0.25, 0.3) is 0 Å². The van der Waals surface area contributed by atoms with Crippen molar-refractivity contribution in [3.8, 4) is 0 Å². The highest BCUT2D eigenvalue weighted by Crippen LogP contribution is 2.31. The van der Waals surface area contributed by atoms with Crippen LogP contribution in [0.15, 0.2) is 23.1 Å². The van der Waals surface area contributed by atoms with Gasteiger partial charge in [0.05, 0.1) is 11.5 Å². The molecule has 0 unspecified atom stereocenters. The number of hydrogen-bond acceptors (Lipinski definition) is 4. The van der Waals surface area contributed by atoms with Crippen molar-refractivity contribution in [3.63, 3.8) is 0 Å². The first-order valence-corrected chi connectivity index (χ1v) is 12.2. The fourth-order valence-corrected chi connectivity index (χ4v) is 5.67. The van der Waals surface area contributed by atoms with Gasteiger partial charge in [-0.25, -0.2) is 13.2 Å². The number of nitrogens with zero attached hydrogens (tertiary/aromatic N) is 2. The van der Waals surface area contributed by atoms with Gasteiger partial charge in [-0.05, 0) is 56.7 Å². The van der Waals surface area contributed by atoms with Crippen LogP contribution >= 0.6 is 0 Å². The lowest BCUT2D eigenvalue weighted by Gasteiger charge is -2.27. The summed E-state index contributed by atoms with van der Waals surface area (Å²) in [5, 5.41) is 2.98. The minimum atomic E-state index is -3.53. The Morgan fingerprint density at radius 1 is 1.21 bits per heavy atom. The molecule has 1 aromatic rings. The number of anilines is 1. The van der Waals surface area contributed by atoms with Crippen LogP contribution in [0, 0.1) is 12.8 Å². The van der Waals surface area contributed by atoms with Crippen molar-refractivity contribution in [1.29, 1.82) is 0 Å². The number of sulfonamides is 1. The van der Waals surface area contributed by atoms with E-state index in [4.69, 9.17) is 4.74 Å². The molecule has 0 bridgehead atoms. The van der Waals surface area contributed by atoms with Crippen LogP contribution in [0.2, 0.25) is 0 Å². The number of hydrogen-bond donors (Lipinski definition) is 1. The predicted molar refractivity (Wildman–Crippen MR) is 111 cm³/mol. The Hall–Kier alpha value is -1.64. The van der Waals surface area contributed by atoms with Gasteiger partial charge in [0.2, 0.25) is 10.0 Å². The van der Waals surface area contributed by atoms with Crippen LogP contribution in [0.4, 0.5) is 10.5 Å².